The van der Waals surface area contributed by atoms with Crippen molar-refractivity contribution in [1.29, 1.82) is 5.41 Å². The number of hydrogen-bond acceptors (Lipinski definition) is 4. The number of piperidine rings is 1. The summed E-state index contributed by atoms with van der Waals surface area (Å²) >= 11 is 0. The van der Waals surface area contributed by atoms with E-state index in [2.05, 4.69) is 21.7 Å². The summed E-state index contributed by atoms with van der Waals surface area (Å²) in [7, 11) is 1.76. The molecule has 7 heteroatoms. The molecule has 4 saturated heterocycles. The topological polar surface area (TPSA) is 84.5 Å². The standard InChI is InChI=1S/C13H21N5O2/c1-7(19)12(14)16-13(17(3)15-2)18-8-4-9-6-10(18)11(5-8)20-9/h7-11,14,19H,2,4-6H2,1,3H3/b14-12?,16-13+/t7?,8?,9?,10?,11-/m1/s1. The minimum Gasteiger partial charge on any atom is -0.385 e. The van der Waals surface area contributed by atoms with E-state index in [0.717, 1.165) is 19.3 Å². The Morgan fingerprint density at radius 3 is 2.85 bits per heavy atom. The van der Waals surface area contributed by atoms with Crippen LogP contribution in [0.3, 0.4) is 0 Å². The van der Waals surface area contributed by atoms with Gasteiger partial charge in [0, 0.05) is 19.8 Å². The average molecular weight is 279 g/mol. The van der Waals surface area contributed by atoms with Gasteiger partial charge in [-0.25, -0.2) is 5.01 Å². The number of aliphatic hydroxyl groups is 1. The van der Waals surface area contributed by atoms with Gasteiger partial charge in [0.1, 0.15) is 6.10 Å². The lowest BCUT2D eigenvalue weighted by molar-refractivity contribution is 0.00706. The molecule has 4 fully saturated rings. The van der Waals surface area contributed by atoms with Crippen LogP contribution in [0.4, 0.5) is 0 Å². The smallest absolute Gasteiger partial charge is 0.224 e. The van der Waals surface area contributed by atoms with Crippen LogP contribution >= 0.6 is 0 Å². The summed E-state index contributed by atoms with van der Waals surface area (Å²) in [6.45, 7) is 5.07. The molecule has 0 radical (unpaired) electrons. The van der Waals surface area contributed by atoms with Crippen LogP contribution in [-0.2, 0) is 4.74 Å². The highest BCUT2D eigenvalue weighted by atomic mass is 16.5. The fourth-order valence-electron chi connectivity index (χ4n) is 3.51. The Morgan fingerprint density at radius 1 is 1.50 bits per heavy atom. The highest BCUT2D eigenvalue weighted by molar-refractivity contribution is 5.96. The number of guanidine groups is 1. The Labute approximate surface area is 118 Å². The second-order valence-electron chi connectivity index (χ2n) is 5.77. The normalized spacial score (nSPS) is 36.4. The maximum Gasteiger partial charge on any atom is 0.224 e. The Hall–Kier alpha value is -1.47. The van der Waals surface area contributed by atoms with Crippen molar-refractivity contribution in [3.05, 3.63) is 0 Å². The average Bonchev–Trinajstić information content (AvgIpc) is 2.83. The number of nitrogens with one attached hydrogen (secondary N) is 1. The van der Waals surface area contributed by atoms with E-state index in [1.165, 1.54) is 6.92 Å². The molecule has 110 valence electrons. The molecule has 0 aliphatic carbocycles. The molecule has 4 bridgehead atoms. The maximum absolute atomic E-state index is 9.49. The van der Waals surface area contributed by atoms with E-state index < -0.39 is 6.10 Å². The molecule has 0 saturated carbocycles. The van der Waals surface area contributed by atoms with E-state index in [0.29, 0.717) is 24.1 Å². The monoisotopic (exact) mass is 279 g/mol. The quantitative estimate of drug-likeness (QED) is 0.431. The number of rotatable bonds is 2. The van der Waals surface area contributed by atoms with Crippen molar-refractivity contribution in [2.24, 2.45) is 10.1 Å². The van der Waals surface area contributed by atoms with Gasteiger partial charge in [0.15, 0.2) is 5.84 Å². The van der Waals surface area contributed by atoms with Gasteiger partial charge in [-0.15, -0.1) is 0 Å². The lowest BCUT2D eigenvalue weighted by Gasteiger charge is -2.38. The summed E-state index contributed by atoms with van der Waals surface area (Å²) in [6.07, 6.45) is 2.76. The second-order valence-corrected chi connectivity index (χ2v) is 5.77. The number of ether oxygens (including phenoxy) is 1. The van der Waals surface area contributed by atoms with Crippen molar-refractivity contribution in [3.8, 4) is 0 Å². The summed E-state index contributed by atoms with van der Waals surface area (Å²) in [5.41, 5.74) is 0. The van der Waals surface area contributed by atoms with Crippen molar-refractivity contribution >= 4 is 18.5 Å². The van der Waals surface area contributed by atoms with Crippen molar-refractivity contribution in [3.63, 3.8) is 0 Å². The molecule has 2 N–H and O–H groups in total. The molecule has 0 aromatic rings. The van der Waals surface area contributed by atoms with E-state index in [1.807, 2.05) is 0 Å². The zero-order valence-corrected chi connectivity index (χ0v) is 11.9. The molecule has 0 aromatic carbocycles. The first-order valence-electron chi connectivity index (χ1n) is 7.00. The fourth-order valence-corrected chi connectivity index (χ4v) is 3.51. The second kappa shape index (κ2) is 4.82. The first-order chi connectivity index (χ1) is 9.51. The third-order valence-corrected chi connectivity index (χ3v) is 4.44. The highest BCUT2D eigenvalue weighted by Gasteiger charge is 2.55. The molecule has 20 heavy (non-hydrogen) atoms. The summed E-state index contributed by atoms with van der Waals surface area (Å²) in [4.78, 5) is 6.48. The molecule has 0 aromatic heterocycles. The van der Waals surface area contributed by atoms with Gasteiger partial charge in [-0.3, -0.25) is 5.41 Å². The molecule has 7 nitrogen and oxygen atoms in total. The lowest BCUT2D eigenvalue weighted by atomic mass is 10.0. The molecule has 4 rings (SSSR count). The maximum atomic E-state index is 9.49. The molecule has 0 amide bonds. The minimum absolute atomic E-state index is 0.0614. The Morgan fingerprint density at radius 2 is 2.25 bits per heavy atom. The van der Waals surface area contributed by atoms with Crippen molar-refractivity contribution in [1.82, 2.24) is 9.91 Å². The number of hydrogen-bond donors (Lipinski definition) is 2. The van der Waals surface area contributed by atoms with Gasteiger partial charge in [0.25, 0.3) is 0 Å². The molecule has 4 aliphatic rings. The van der Waals surface area contributed by atoms with Crippen LogP contribution in [0, 0.1) is 5.41 Å². The number of aliphatic imine (C=N–C) groups is 1. The summed E-state index contributed by atoms with van der Waals surface area (Å²) in [5, 5.41) is 22.8. The minimum atomic E-state index is -0.893. The molecule has 4 unspecified atom stereocenters. The number of nitrogens with zero attached hydrogens (tertiary/aromatic N) is 4. The molecule has 4 heterocycles. The van der Waals surface area contributed by atoms with Crippen LogP contribution in [0.5, 0.6) is 0 Å². The van der Waals surface area contributed by atoms with Gasteiger partial charge in [-0.2, -0.15) is 10.1 Å². The predicted molar refractivity (Wildman–Crippen MR) is 76.1 cm³/mol. The van der Waals surface area contributed by atoms with Crippen molar-refractivity contribution in [2.45, 2.75) is 56.6 Å². The van der Waals surface area contributed by atoms with Crippen LogP contribution in [0.15, 0.2) is 10.1 Å². The van der Waals surface area contributed by atoms with E-state index in [1.54, 1.807) is 12.1 Å². The van der Waals surface area contributed by atoms with Gasteiger partial charge < -0.3 is 14.7 Å². The van der Waals surface area contributed by atoms with E-state index in [4.69, 9.17) is 10.1 Å². The molecule has 5 atom stereocenters. The molecular weight excluding hydrogens is 258 g/mol. The number of hydrazone groups is 1. The summed E-state index contributed by atoms with van der Waals surface area (Å²) in [6, 6.07) is 0.700. The van der Waals surface area contributed by atoms with E-state index in [-0.39, 0.29) is 11.9 Å². The Balaban J connectivity index is 1.90. The first-order valence-corrected chi connectivity index (χ1v) is 7.00. The molecular formula is C13H21N5O2. The number of aliphatic hydroxyl groups excluding tert-OH is 1. The third kappa shape index (κ3) is 2.01. The highest BCUT2D eigenvalue weighted by Crippen LogP contribution is 2.45. The molecule has 0 spiro atoms. The van der Waals surface area contributed by atoms with Gasteiger partial charge >= 0.3 is 0 Å². The van der Waals surface area contributed by atoms with Gasteiger partial charge in [0.2, 0.25) is 5.96 Å². The van der Waals surface area contributed by atoms with Crippen LogP contribution in [0.25, 0.3) is 0 Å². The van der Waals surface area contributed by atoms with Gasteiger partial charge in [-0.1, -0.05) is 0 Å². The van der Waals surface area contributed by atoms with Crippen LogP contribution in [-0.4, -0.2) is 71.0 Å². The molecule has 4 aliphatic heterocycles. The largest absolute Gasteiger partial charge is 0.385 e. The zero-order chi connectivity index (χ0) is 14.4. The van der Waals surface area contributed by atoms with Crippen molar-refractivity contribution in [2.75, 3.05) is 7.05 Å². The first kappa shape index (κ1) is 13.5. The Kier molecular flexibility index (Phi) is 3.25. The van der Waals surface area contributed by atoms with E-state index >= 15 is 0 Å². The lowest BCUT2D eigenvalue weighted by Crippen LogP contribution is -2.51. The van der Waals surface area contributed by atoms with Crippen LogP contribution < -0.4 is 0 Å². The van der Waals surface area contributed by atoms with E-state index in [9.17, 15) is 5.11 Å². The SMILES string of the molecule is C=NN(C)/C(=N\C(=N)C(C)O)N1C2CC3CC1[C@@H](C2)O3. The van der Waals surface area contributed by atoms with Gasteiger partial charge in [0.05, 0.1) is 18.2 Å². The zero-order valence-electron chi connectivity index (χ0n) is 11.9. The third-order valence-electron chi connectivity index (χ3n) is 4.44. The summed E-state index contributed by atoms with van der Waals surface area (Å²) in [5.74, 6) is 0.529. The Bertz CT molecular complexity index is 460. The predicted octanol–water partition coefficient (Wildman–Crippen LogP) is 0.252. The fraction of sp³-hybridized carbons (Fsp3) is 0.769. The van der Waals surface area contributed by atoms with Crippen LogP contribution in [0.2, 0.25) is 0 Å². The number of amidine groups is 1. The van der Waals surface area contributed by atoms with Gasteiger partial charge in [-0.05, 0) is 26.2 Å². The summed E-state index contributed by atoms with van der Waals surface area (Å²) < 4.78 is 5.93. The van der Waals surface area contributed by atoms with Crippen LogP contribution in [0.1, 0.15) is 26.2 Å². The van der Waals surface area contributed by atoms with Crippen molar-refractivity contribution < 1.29 is 9.84 Å².